The second-order valence-electron chi connectivity index (χ2n) is 20.8. The molecule has 5 aliphatic rings. The predicted molar refractivity (Wildman–Crippen MR) is 207 cm³/mol. The van der Waals surface area contributed by atoms with Crippen LogP contribution in [0, 0.1) is 33.5 Å². The Bertz CT molecular complexity index is 1510. The summed E-state index contributed by atoms with van der Waals surface area (Å²) in [4.78, 5) is 80.1. The first-order chi connectivity index (χ1) is 25.6. The van der Waals surface area contributed by atoms with Crippen LogP contribution in [0.3, 0.4) is 0 Å². The van der Waals surface area contributed by atoms with Gasteiger partial charge >= 0.3 is 29.8 Å². The molecule has 0 amide bonds. The number of hydrogen-bond donors (Lipinski definition) is 1. The zero-order chi connectivity index (χ0) is 42.2. The van der Waals surface area contributed by atoms with E-state index in [0.717, 1.165) is 32.1 Å². The highest BCUT2D eigenvalue weighted by Crippen LogP contribution is 2.59. The summed E-state index contributed by atoms with van der Waals surface area (Å²) in [6.07, 6.45) is 6.90. The highest BCUT2D eigenvalue weighted by atomic mass is 16.6. The molecule has 4 saturated carbocycles. The number of Topliss-reactive ketones (excluding diaryl/α,β-unsaturated/α-hetero) is 1. The number of hydrogen-bond acceptors (Lipinski definition) is 12. The fourth-order valence-electron chi connectivity index (χ4n) is 10.2. The van der Waals surface area contributed by atoms with Gasteiger partial charge in [-0.2, -0.15) is 0 Å². The smallest absolute Gasteiger partial charge is 0.319 e. The van der Waals surface area contributed by atoms with Crippen LogP contribution in [-0.4, -0.2) is 76.4 Å². The molecule has 56 heavy (non-hydrogen) atoms. The van der Waals surface area contributed by atoms with Crippen molar-refractivity contribution in [2.24, 2.45) is 33.5 Å². The van der Waals surface area contributed by atoms with E-state index in [4.69, 9.17) is 23.7 Å². The molecule has 318 valence electrons. The number of unbranched alkanes of at least 4 members (excludes halogenated alkanes) is 2. The van der Waals surface area contributed by atoms with Gasteiger partial charge in [-0.3, -0.25) is 28.8 Å². The van der Waals surface area contributed by atoms with E-state index in [2.05, 4.69) is 0 Å². The van der Waals surface area contributed by atoms with E-state index >= 15 is 0 Å². The molecule has 1 heterocycles. The lowest BCUT2D eigenvalue weighted by atomic mass is 9.52. The van der Waals surface area contributed by atoms with E-state index in [-0.39, 0.29) is 38.3 Å². The fourth-order valence-corrected chi connectivity index (χ4v) is 10.2. The molecule has 0 aromatic carbocycles. The largest absolute Gasteiger partial charge is 0.465 e. The Hall–Kier alpha value is -3.02. The SMILES string of the molecule is CCC(C)(CC(C)(CC(C)(C)C(=O)OCCCCCC(C)(C(C)=O)C(=O)OC(C)(C)C)C(=O)OC1(C)CCOC(=O)C1)C(=O)OC12CC3CC(CC(O)(C3)C1)C2. The number of ketones is 1. The summed E-state index contributed by atoms with van der Waals surface area (Å²) in [5.74, 6) is -2.22. The van der Waals surface area contributed by atoms with E-state index in [0.29, 0.717) is 56.8 Å². The molecular formula is C44H70O12. The molecule has 0 spiro atoms. The number of esters is 5. The van der Waals surface area contributed by atoms with Gasteiger partial charge in [-0.15, -0.1) is 0 Å². The molecule has 12 nitrogen and oxygen atoms in total. The number of carbonyl (C=O) groups excluding carboxylic acids is 6. The summed E-state index contributed by atoms with van der Waals surface area (Å²) < 4.78 is 29.0. The van der Waals surface area contributed by atoms with Gasteiger partial charge in [0.15, 0.2) is 0 Å². The zero-order valence-corrected chi connectivity index (χ0v) is 36.1. The van der Waals surface area contributed by atoms with Crippen molar-refractivity contribution in [1.82, 2.24) is 0 Å². The first-order valence-corrected chi connectivity index (χ1v) is 20.9. The monoisotopic (exact) mass is 790 g/mol. The summed E-state index contributed by atoms with van der Waals surface area (Å²) in [7, 11) is 0. The van der Waals surface area contributed by atoms with Gasteiger partial charge in [0.05, 0.1) is 41.5 Å². The second kappa shape index (κ2) is 16.3. The van der Waals surface area contributed by atoms with E-state index in [1.54, 1.807) is 62.3 Å². The third-order valence-corrected chi connectivity index (χ3v) is 13.1. The van der Waals surface area contributed by atoms with Crippen LogP contribution in [0.5, 0.6) is 0 Å². The molecule has 12 heteroatoms. The lowest BCUT2D eigenvalue weighted by Crippen LogP contribution is -2.61. The minimum Gasteiger partial charge on any atom is -0.465 e. The van der Waals surface area contributed by atoms with Gasteiger partial charge in [-0.25, -0.2) is 0 Å². The highest BCUT2D eigenvalue weighted by Gasteiger charge is 2.60. The lowest BCUT2D eigenvalue weighted by Gasteiger charge is -2.59. The molecule has 1 saturated heterocycles. The van der Waals surface area contributed by atoms with Crippen molar-refractivity contribution in [1.29, 1.82) is 0 Å². The minimum atomic E-state index is -1.38. The standard InChI is InChI=1S/C44H70O12/c1-12-39(8,34(48)56-44-23-30-20-31(24-44)22-43(51,21-30)28-44)27-40(9,35(49)55-41(10)17-19-52-32(46)25-41)26-38(6,7)33(47)53-18-15-13-14-16-42(11,29(2)45)36(50)54-37(3,4)5/h30-31,51H,12-28H2,1-11H3. The van der Waals surface area contributed by atoms with Gasteiger partial charge < -0.3 is 28.8 Å². The molecule has 6 unspecified atom stereocenters. The van der Waals surface area contributed by atoms with Gasteiger partial charge in [-0.05, 0) is 145 Å². The average Bonchev–Trinajstić information content (AvgIpc) is 3.03. The highest BCUT2D eigenvalue weighted by molar-refractivity contribution is 6.02. The Morgan fingerprint density at radius 2 is 1.41 bits per heavy atom. The Balaban J connectivity index is 1.45. The Morgan fingerprint density at radius 3 is 1.95 bits per heavy atom. The van der Waals surface area contributed by atoms with Gasteiger partial charge in [0.1, 0.15) is 28.0 Å². The number of rotatable bonds is 18. The zero-order valence-electron chi connectivity index (χ0n) is 36.1. The van der Waals surface area contributed by atoms with Crippen molar-refractivity contribution < 1.29 is 57.6 Å². The molecule has 1 aliphatic heterocycles. The van der Waals surface area contributed by atoms with Gasteiger partial charge in [0.2, 0.25) is 0 Å². The number of ether oxygens (including phenoxy) is 5. The van der Waals surface area contributed by atoms with Crippen molar-refractivity contribution in [2.45, 2.75) is 195 Å². The van der Waals surface area contributed by atoms with Crippen LogP contribution in [0.2, 0.25) is 0 Å². The van der Waals surface area contributed by atoms with Crippen LogP contribution >= 0.6 is 0 Å². The first kappa shape index (κ1) is 45.7. The summed E-state index contributed by atoms with van der Waals surface area (Å²) in [6, 6.07) is 0. The molecule has 5 rings (SSSR count). The molecule has 0 aromatic heterocycles. The van der Waals surface area contributed by atoms with E-state index in [9.17, 15) is 33.9 Å². The van der Waals surface area contributed by atoms with Crippen molar-refractivity contribution >= 4 is 35.6 Å². The van der Waals surface area contributed by atoms with Crippen molar-refractivity contribution in [2.75, 3.05) is 13.2 Å². The number of cyclic esters (lactones) is 1. The maximum Gasteiger partial charge on any atom is 0.319 e. The fraction of sp³-hybridized carbons (Fsp3) is 0.864. The van der Waals surface area contributed by atoms with Crippen LogP contribution in [0.25, 0.3) is 0 Å². The van der Waals surface area contributed by atoms with Gasteiger partial charge in [0.25, 0.3) is 0 Å². The minimum absolute atomic E-state index is 0.0110. The molecule has 6 atom stereocenters. The van der Waals surface area contributed by atoms with E-state index < -0.39 is 73.9 Å². The quantitative estimate of drug-likeness (QED) is 0.0628. The van der Waals surface area contributed by atoms with Crippen molar-refractivity contribution in [3.8, 4) is 0 Å². The van der Waals surface area contributed by atoms with Crippen LogP contribution < -0.4 is 0 Å². The number of aliphatic hydroxyl groups is 1. The average molecular weight is 791 g/mol. The topological polar surface area (TPSA) is 169 Å². The predicted octanol–water partition coefficient (Wildman–Crippen LogP) is 7.52. The van der Waals surface area contributed by atoms with Crippen molar-refractivity contribution in [3.63, 3.8) is 0 Å². The lowest BCUT2D eigenvalue weighted by molar-refractivity contribution is -0.227. The second-order valence-corrected chi connectivity index (χ2v) is 20.8. The van der Waals surface area contributed by atoms with Crippen molar-refractivity contribution in [3.05, 3.63) is 0 Å². The molecule has 4 aliphatic carbocycles. The summed E-state index contributed by atoms with van der Waals surface area (Å²) in [5, 5.41) is 11.3. The molecule has 5 fully saturated rings. The summed E-state index contributed by atoms with van der Waals surface area (Å²) in [6.45, 7) is 19.0. The van der Waals surface area contributed by atoms with Crippen LogP contribution in [0.15, 0.2) is 0 Å². The summed E-state index contributed by atoms with van der Waals surface area (Å²) in [5.41, 5.74) is -8.36. The Morgan fingerprint density at radius 1 is 0.804 bits per heavy atom. The third kappa shape index (κ3) is 10.7. The van der Waals surface area contributed by atoms with Gasteiger partial charge in [0, 0.05) is 12.8 Å². The maximum atomic E-state index is 14.4. The van der Waals surface area contributed by atoms with Crippen LogP contribution in [0.4, 0.5) is 0 Å². The Kier molecular flexibility index (Phi) is 13.3. The molecule has 0 radical (unpaired) electrons. The first-order valence-electron chi connectivity index (χ1n) is 20.9. The van der Waals surface area contributed by atoms with E-state index in [1.165, 1.54) is 6.92 Å². The number of carbonyl (C=O) groups is 6. The third-order valence-electron chi connectivity index (χ3n) is 13.1. The van der Waals surface area contributed by atoms with Gasteiger partial charge in [-0.1, -0.05) is 19.8 Å². The summed E-state index contributed by atoms with van der Waals surface area (Å²) >= 11 is 0. The van der Waals surface area contributed by atoms with Crippen LogP contribution in [-0.2, 0) is 52.5 Å². The Labute approximate surface area is 334 Å². The van der Waals surface area contributed by atoms with E-state index in [1.807, 2.05) is 6.92 Å². The molecule has 0 aromatic rings. The molecular weight excluding hydrogens is 720 g/mol. The normalized spacial score (nSPS) is 30.5. The maximum absolute atomic E-state index is 14.4. The molecule has 4 bridgehead atoms. The van der Waals surface area contributed by atoms with Crippen LogP contribution in [0.1, 0.15) is 172 Å². The molecule has 1 N–H and O–H groups in total.